The molecule has 1 fully saturated rings. The van der Waals surface area contributed by atoms with Gasteiger partial charge in [0.1, 0.15) is 6.33 Å². The van der Waals surface area contributed by atoms with Crippen molar-refractivity contribution in [2.75, 3.05) is 12.0 Å². The average molecular weight is 412 g/mol. The molecule has 0 spiro atoms. The summed E-state index contributed by atoms with van der Waals surface area (Å²) < 4.78 is 26.6. The number of nitrogens with two attached hydrogens (primary N) is 1. The van der Waals surface area contributed by atoms with Crippen molar-refractivity contribution < 1.29 is 13.2 Å². The van der Waals surface area contributed by atoms with Crippen LogP contribution >= 0.6 is 0 Å². The van der Waals surface area contributed by atoms with E-state index in [1.54, 1.807) is 11.1 Å². The van der Waals surface area contributed by atoms with Crippen LogP contribution in [0.1, 0.15) is 35.7 Å². The number of hydrogen-bond donors (Lipinski definition) is 1. The predicted octanol–water partition coefficient (Wildman–Crippen LogP) is 1.53. The van der Waals surface area contributed by atoms with Crippen molar-refractivity contribution in [1.29, 1.82) is 0 Å². The average Bonchev–Trinajstić information content (AvgIpc) is 3.34. The van der Waals surface area contributed by atoms with Crippen molar-refractivity contribution in [2.45, 2.75) is 37.2 Å². The molecule has 5 rings (SSSR count). The van der Waals surface area contributed by atoms with Crippen LogP contribution in [0.3, 0.4) is 0 Å². The van der Waals surface area contributed by atoms with Crippen molar-refractivity contribution >= 4 is 27.2 Å². The zero-order valence-electron chi connectivity index (χ0n) is 16.0. The van der Waals surface area contributed by atoms with Gasteiger partial charge in [0, 0.05) is 24.4 Å². The molecule has 2 aromatic heterocycles. The molecule has 0 unspecified atom stereocenters. The van der Waals surface area contributed by atoms with E-state index in [1.165, 1.54) is 16.9 Å². The Labute approximate surface area is 167 Å². The monoisotopic (exact) mass is 412 g/mol. The summed E-state index contributed by atoms with van der Waals surface area (Å²) in [5.41, 5.74) is 8.44. The number of sulfone groups is 1. The summed E-state index contributed by atoms with van der Waals surface area (Å²) in [5, 5.41) is 4.19. The van der Waals surface area contributed by atoms with E-state index in [4.69, 9.17) is 5.73 Å². The molecular formula is C19H20N6O3S. The highest BCUT2D eigenvalue weighted by Crippen LogP contribution is 2.40. The summed E-state index contributed by atoms with van der Waals surface area (Å²) in [4.78, 5) is 23.1. The van der Waals surface area contributed by atoms with Gasteiger partial charge in [-0.1, -0.05) is 0 Å². The maximum absolute atomic E-state index is 13.1. The highest BCUT2D eigenvalue weighted by atomic mass is 32.2. The highest BCUT2D eigenvalue weighted by Gasteiger charge is 2.41. The van der Waals surface area contributed by atoms with Gasteiger partial charge < -0.3 is 10.6 Å². The van der Waals surface area contributed by atoms with Crippen molar-refractivity contribution in [1.82, 2.24) is 24.5 Å². The Morgan fingerprint density at radius 1 is 1.24 bits per heavy atom. The van der Waals surface area contributed by atoms with E-state index >= 15 is 0 Å². The van der Waals surface area contributed by atoms with Gasteiger partial charge in [-0.2, -0.15) is 5.10 Å². The van der Waals surface area contributed by atoms with Crippen LogP contribution in [-0.4, -0.2) is 51.1 Å². The molecule has 3 aromatic rings. The van der Waals surface area contributed by atoms with Crippen LogP contribution in [0, 0.1) is 5.92 Å². The first-order valence-corrected chi connectivity index (χ1v) is 11.3. The molecule has 1 saturated carbocycles. The number of nitrogens with zero attached hydrogens (tertiary/aromatic N) is 5. The number of anilines is 1. The Hall–Kier alpha value is -3.01. The number of hydrogen-bond acceptors (Lipinski definition) is 7. The van der Waals surface area contributed by atoms with E-state index in [9.17, 15) is 13.2 Å². The number of rotatable bonds is 4. The summed E-state index contributed by atoms with van der Waals surface area (Å²) >= 11 is 0. The lowest BCUT2D eigenvalue weighted by Gasteiger charge is -2.24. The molecule has 1 aromatic carbocycles. The first kappa shape index (κ1) is 18.0. The van der Waals surface area contributed by atoms with Crippen molar-refractivity contribution in [3.05, 3.63) is 35.8 Å². The van der Waals surface area contributed by atoms with Crippen molar-refractivity contribution in [2.24, 2.45) is 5.92 Å². The second kappa shape index (κ2) is 5.99. The number of carbonyl (C=O) groups excluding carboxylic acids is 1. The minimum Gasteiger partial charge on any atom is -0.381 e. The van der Waals surface area contributed by atoms with Crippen LogP contribution in [0.15, 0.2) is 29.6 Å². The molecule has 150 valence electrons. The van der Waals surface area contributed by atoms with Crippen LogP contribution in [0.4, 0.5) is 5.82 Å². The second-order valence-corrected chi connectivity index (χ2v) is 9.80. The van der Waals surface area contributed by atoms with E-state index in [1.807, 2.05) is 13.0 Å². The number of aromatic nitrogens is 4. The maximum Gasteiger partial charge on any atom is 0.256 e. The normalized spacial score (nSPS) is 17.7. The van der Waals surface area contributed by atoms with Gasteiger partial charge in [0.25, 0.3) is 5.91 Å². The summed E-state index contributed by atoms with van der Waals surface area (Å²) in [6.07, 6.45) is 6.24. The van der Waals surface area contributed by atoms with Crippen molar-refractivity contribution in [3.63, 3.8) is 0 Å². The molecule has 0 saturated heterocycles. The molecule has 0 radical (unpaired) electrons. The fourth-order valence-electron chi connectivity index (χ4n) is 4.07. The summed E-state index contributed by atoms with van der Waals surface area (Å²) in [5.74, 6) is 0.513. The first-order chi connectivity index (χ1) is 13.8. The van der Waals surface area contributed by atoms with Crippen LogP contribution in [0.5, 0.6) is 0 Å². The first-order valence-electron chi connectivity index (χ1n) is 9.38. The van der Waals surface area contributed by atoms with Gasteiger partial charge >= 0.3 is 0 Å². The lowest BCUT2D eigenvalue weighted by molar-refractivity contribution is 0.0694. The van der Waals surface area contributed by atoms with Gasteiger partial charge in [-0.3, -0.25) is 4.79 Å². The maximum atomic E-state index is 13.1. The number of benzene rings is 1. The molecule has 1 amide bonds. The topological polar surface area (TPSA) is 124 Å². The van der Waals surface area contributed by atoms with E-state index in [-0.39, 0.29) is 28.2 Å². The van der Waals surface area contributed by atoms with Crippen LogP contribution in [0.2, 0.25) is 0 Å². The number of nitrogen functional groups attached to an aromatic ring is 1. The van der Waals surface area contributed by atoms with Gasteiger partial charge in [-0.05, 0) is 43.4 Å². The van der Waals surface area contributed by atoms with E-state index in [0.29, 0.717) is 34.9 Å². The largest absolute Gasteiger partial charge is 0.381 e. The lowest BCUT2D eigenvalue weighted by Crippen LogP contribution is -2.35. The molecular weight excluding hydrogens is 392 g/mol. The quantitative estimate of drug-likeness (QED) is 0.689. The van der Waals surface area contributed by atoms with Crippen LogP contribution in [0.25, 0.3) is 16.9 Å². The molecule has 3 heterocycles. The lowest BCUT2D eigenvalue weighted by atomic mass is 10.0. The summed E-state index contributed by atoms with van der Waals surface area (Å²) in [6, 6.07) is 3.47. The fraction of sp³-hybridized carbons (Fsp3) is 0.368. The number of imidazole rings is 1. The molecule has 1 aliphatic carbocycles. The van der Waals surface area contributed by atoms with E-state index in [0.717, 1.165) is 19.1 Å². The molecule has 1 atom stereocenters. The molecule has 0 bridgehead atoms. The molecule has 1 aliphatic heterocycles. The van der Waals surface area contributed by atoms with Crippen molar-refractivity contribution in [3.8, 4) is 11.3 Å². The molecule has 2 aliphatic rings. The zero-order chi connectivity index (χ0) is 20.5. The smallest absolute Gasteiger partial charge is 0.256 e. The third-order valence-electron chi connectivity index (χ3n) is 5.82. The van der Waals surface area contributed by atoms with Gasteiger partial charge in [0.2, 0.25) is 0 Å². The van der Waals surface area contributed by atoms with E-state index in [2.05, 4.69) is 15.1 Å². The second-order valence-electron chi connectivity index (χ2n) is 7.82. The van der Waals surface area contributed by atoms with Gasteiger partial charge in [-0.15, -0.1) is 0 Å². The summed E-state index contributed by atoms with van der Waals surface area (Å²) in [6.45, 7) is 2.43. The number of fused-ring (bicyclic) bond motifs is 2. The Bertz CT molecular complexity index is 1280. The Morgan fingerprint density at radius 2 is 2.00 bits per heavy atom. The number of carbonyl (C=O) groups is 1. The molecule has 2 N–H and O–H groups in total. The standard InChI is InChI=1S/C19H20N6O3S/c1-10(11-3-4-11)24-8-13-5-12(6-15(29(2,27)28)16(13)19(24)26)14-7-21-18-17(20)22-9-23-25(14)18/h5-7,9-11H,3-4,8H2,1-2H3,(H2,20,22,23)/t10-/m0/s1. The van der Waals surface area contributed by atoms with Crippen LogP contribution in [-0.2, 0) is 16.4 Å². The highest BCUT2D eigenvalue weighted by molar-refractivity contribution is 7.90. The minimum absolute atomic E-state index is 0.0393. The predicted molar refractivity (Wildman–Crippen MR) is 106 cm³/mol. The van der Waals surface area contributed by atoms with E-state index < -0.39 is 9.84 Å². The van der Waals surface area contributed by atoms with Gasteiger partial charge in [0.15, 0.2) is 21.3 Å². The van der Waals surface area contributed by atoms with Crippen LogP contribution < -0.4 is 5.73 Å². The Kier molecular flexibility index (Phi) is 3.73. The molecule has 9 nitrogen and oxygen atoms in total. The van der Waals surface area contributed by atoms with Gasteiger partial charge in [0.05, 0.1) is 22.3 Å². The summed E-state index contributed by atoms with van der Waals surface area (Å²) in [7, 11) is -3.62. The minimum atomic E-state index is -3.62. The molecule has 10 heteroatoms. The van der Waals surface area contributed by atoms with Gasteiger partial charge in [-0.25, -0.2) is 22.9 Å². The third-order valence-corrected chi connectivity index (χ3v) is 6.94. The Balaban J connectivity index is 1.69. The SMILES string of the molecule is C[C@@H](C1CC1)N1Cc2cc(-c3cnc4c(N)ncnn34)cc(S(C)(=O)=O)c2C1=O. The fourth-order valence-corrected chi connectivity index (χ4v) is 5.00. The zero-order valence-corrected chi connectivity index (χ0v) is 16.8. The number of amides is 1. The Morgan fingerprint density at radius 3 is 2.69 bits per heavy atom. The molecule has 29 heavy (non-hydrogen) atoms. The third kappa shape index (κ3) is 2.78.